The summed E-state index contributed by atoms with van der Waals surface area (Å²) in [5.41, 5.74) is 5.81. The van der Waals surface area contributed by atoms with Gasteiger partial charge < -0.3 is 9.64 Å². The zero-order chi connectivity index (χ0) is 24.8. The van der Waals surface area contributed by atoms with E-state index in [4.69, 9.17) is 4.74 Å². The lowest BCUT2D eigenvalue weighted by atomic mass is 10.2. The number of halogens is 2. The number of hydrogen-bond acceptors (Lipinski definition) is 6. The molecule has 4 rings (SSSR count). The Hall–Kier alpha value is -3.24. The van der Waals surface area contributed by atoms with Gasteiger partial charge in [0.2, 0.25) is 0 Å². The fourth-order valence-corrected chi connectivity index (χ4v) is 5.14. The summed E-state index contributed by atoms with van der Waals surface area (Å²) >= 11 is 6.99. The Morgan fingerprint density at radius 2 is 1.69 bits per heavy atom. The summed E-state index contributed by atoms with van der Waals surface area (Å²) in [6, 6.07) is 17.4. The van der Waals surface area contributed by atoms with E-state index in [1.165, 1.54) is 25.0 Å². The molecule has 8 nitrogen and oxygen atoms in total. The van der Waals surface area contributed by atoms with Crippen LogP contribution in [0.4, 0.5) is 11.4 Å². The van der Waals surface area contributed by atoms with Crippen molar-refractivity contribution in [3.05, 3.63) is 96.4 Å². The average Bonchev–Trinajstić information content (AvgIpc) is 3.39. The molecule has 0 aromatic heterocycles. The van der Waals surface area contributed by atoms with E-state index in [1.807, 2.05) is 36.4 Å². The van der Waals surface area contributed by atoms with Crippen LogP contribution in [-0.4, -0.2) is 30.1 Å². The number of ether oxygens (including phenoxy) is 1. The molecule has 1 amide bonds. The lowest BCUT2D eigenvalue weighted by Gasteiger charge is -2.17. The zero-order valence-corrected chi connectivity index (χ0v) is 21.8. The van der Waals surface area contributed by atoms with Gasteiger partial charge in [0.05, 0.1) is 20.1 Å². The normalized spacial score (nSPS) is 13.3. The molecule has 35 heavy (non-hydrogen) atoms. The number of hydrogen-bond donors (Lipinski definition) is 1. The Morgan fingerprint density at radius 1 is 1.06 bits per heavy atom. The third kappa shape index (κ3) is 6.46. The standard InChI is InChI=1S/C25H22Br2N4O4/c26-22-13-18(14-23(27)24(22)35-16-17-3-7-21(8-4-17)31(33)34)15-28-29-25(32)19-5-9-20(10-6-19)30-11-1-2-12-30/h3-10,13-15H,1-2,11-12,16H2,(H,29,32)/b28-15-. The van der Waals surface area contributed by atoms with E-state index >= 15 is 0 Å². The van der Waals surface area contributed by atoms with E-state index in [0.717, 1.165) is 29.9 Å². The molecule has 1 heterocycles. The van der Waals surface area contributed by atoms with Crippen molar-refractivity contribution in [2.75, 3.05) is 18.0 Å². The molecule has 0 atom stereocenters. The molecule has 1 saturated heterocycles. The number of benzene rings is 3. The van der Waals surface area contributed by atoms with Crippen molar-refractivity contribution in [1.82, 2.24) is 5.43 Å². The Labute approximate surface area is 219 Å². The smallest absolute Gasteiger partial charge is 0.271 e. The summed E-state index contributed by atoms with van der Waals surface area (Å²) < 4.78 is 7.26. The van der Waals surface area contributed by atoms with E-state index in [0.29, 0.717) is 20.3 Å². The molecule has 3 aromatic rings. The van der Waals surface area contributed by atoms with Gasteiger partial charge in [0, 0.05) is 36.5 Å². The number of amides is 1. The van der Waals surface area contributed by atoms with E-state index < -0.39 is 4.92 Å². The van der Waals surface area contributed by atoms with Crippen molar-refractivity contribution >= 4 is 55.4 Å². The number of hydrazone groups is 1. The highest BCUT2D eigenvalue weighted by Crippen LogP contribution is 2.35. The van der Waals surface area contributed by atoms with Gasteiger partial charge in [0.1, 0.15) is 12.4 Å². The molecule has 0 unspecified atom stereocenters. The maximum atomic E-state index is 12.4. The molecule has 0 radical (unpaired) electrons. The van der Waals surface area contributed by atoms with Crippen molar-refractivity contribution in [2.45, 2.75) is 19.4 Å². The SMILES string of the molecule is O=C(N/N=C\c1cc(Br)c(OCc2ccc([N+](=O)[O-])cc2)c(Br)c1)c1ccc(N2CCCC2)cc1. The molecular formula is C25H22Br2N4O4. The molecule has 1 fully saturated rings. The largest absolute Gasteiger partial charge is 0.487 e. The number of non-ortho nitro benzene ring substituents is 1. The van der Waals surface area contributed by atoms with Crippen LogP contribution < -0.4 is 15.1 Å². The first-order valence-corrected chi connectivity index (χ1v) is 12.5. The fourth-order valence-electron chi connectivity index (χ4n) is 3.69. The van der Waals surface area contributed by atoms with Gasteiger partial charge in [-0.25, -0.2) is 5.43 Å². The Kier molecular flexibility index (Phi) is 8.14. The van der Waals surface area contributed by atoms with Crippen LogP contribution in [0.15, 0.2) is 74.7 Å². The predicted molar refractivity (Wildman–Crippen MR) is 142 cm³/mol. The van der Waals surface area contributed by atoms with E-state index in [-0.39, 0.29) is 18.2 Å². The summed E-state index contributed by atoms with van der Waals surface area (Å²) in [5, 5.41) is 14.9. The summed E-state index contributed by atoms with van der Waals surface area (Å²) in [6.07, 6.45) is 3.96. The number of nitrogens with one attached hydrogen (secondary N) is 1. The van der Waals surface area contributed by atoms with Gasteiger partial charge in [-0.1, -0.05) is 0 Å². The Bertz CT molecular complexity index is 1220. The summed E-state index contributed by atoms with van der Waals surface area (Å²) in [7, 11) is 0. The van der Waals surface area contributed by atoms with Crippen LogP contribution in [0.2, 0.25) is 0 Å². The summed E-state index contributed by atoms with van der Waals surface area (Å²) in [4.78, 5) is 25.1. The van der Waals surface area contributed by atoms with Gasteiger partial charge >= 0.3 is 0 Å². The predicted octanol–water partition coefficient (Wildman–Crippen LogP) is 6.06. The van der Waals surface area contributed by atoms with Gasteiger partial charge in [0.15, 0.2) is 0 Å². The number of carbonyl (C=O) groups excluding carboxylic acids is 1. The van der Waals surface area contributed by atoms with Gasteiger partial charge in [-0.15, -0.1) is 0 Å². The number of nitro groups is 1. The molecular weight excluding hydrogens is 580 g/mol. The number of anilines is 1. The molecule has 1 aliphatic heterocycles. The first-order valence-electron chi connectivity index (χ1n) is 10.9. The first-order chi connectivity index (χ1) is 16.9. The molecule has 1 aliphatic rings. The minimum Gasteiger partial charge on any atom is -0.487 e. The molecule has 0 aliphatic carbocycles. The van der Waals surface area contributed by atoms with Crippen LogP contribution in [0, 0.1) is 10.1 Å². The molecule has 0 bridgehead atoms. The quantitative estimate of drug-likeness (QED) is 0.192. The monoisotopic (exact) mass is 600 g/mol. The van der Waals surface area contributed by atoms with Crippen molar-refractivity contribution in [3.8, 4) is 5.75 Å². The lowest BCUT2D eigenvalue weighted by molar-refractivity contribution is -0.384. The van der Waals surface area contributed by atoms with Crippen LogP contribution in [0.1, 0.15) is 34.3 Å². The molecule has 0 spiro atoms. The summed E-state index contributed by atoms with van der Waals surface area (Å²) in [5.74, 6) is 0.304. The highest BCUT2D eigenvalue weighted by Gasteiger charge is 2.13. The van der Waals surface area contributed by atoms with Gasteiger partial charge in [0.25, 0.3) is 11.6 Å². The van der Waals surface area contributed by atoms with Crippen molar-refractivity contribution in [1.29, 1.82) is 0 Å². The van der Waals surface area contributed by atoms with Gasteiger partial charge in [-0.05, 0) is 104 Å². The number of nitrogens with zero attached hydrogens (tertiary/aromatic N) is 3. The van der Waals surface area contributed by atoms with Crippen molar-refractivity contribution in [3.63, 3.8) is 0 Å². The highest BCUT2D eigenvalue weighted by atomic mass is 79.9. The zero-order valence-electron chi connectivity index (χ0n) is 18.6. The molecule has 3 aromatic carbocycles. The molecule has 1 N–H and O–H groups in total. The minimum atomic E-state index is -0.439. The van der Waals surface area contributed by atoms with Crippen molar-refractivity contribution < 1.29 is 14.5 Å². The van der Waals surface area contributed by atoms with E-state index in [9.17, 15) is 14.9 Å². The average molecular weight is 602 g/mol. The second-order valence-corrected chi connectivity index (χ2v) is 9.67. The van der Waals surface area contributed by atoms with Crippen LogP contribution in [0.25, 0.3) is 0 Å². The van der Waals surface area contributed by atoms with E-state index in [2.05, 4.69) is 47.3 Å². The maximum absolute atomic E-state index is 12.4. The topological polar surface area (TPSA) is 97.1 Å². The van der Waals surface area contributed by atoms with E-state index in [1.54, 1.807) is 18.3 Å². The molecule has 0 saturated carbocycles. The third-order valence-corrected chi connectivity index (χ3v) is 6.71. The lowest BCUT2D eigenvalue weighted by Crippen LogP contribution is -2.19. The van der Waals surface area contributed by atoms with Crippen molar-refractivity contribution in [2.24, 2.45) is 5.10 Å². The van der Waals surface area contributed by atoms with Gasteiger partial charge in [-0.2, -0.15) is 5.10 Å². The highest BCUT2D eigenvalue weighted by molar-refractivity contribution is 9.11. The Balaban J connectivity index is 1.34. The Morgan fingerprint density at radius 3 is 2.29 bits per heavy atom. The second-order valence-electron chi connectivity index (χ2n) is 7.97. The van der Waals surface area contributed by atoms with Gasteiger partial charge in [-0.3, -0.25) is 14.9 Å². The minimum absolute atomic E-state index is 0.0333. The van der Waals surface area contributed by atoms with Crippen LogP contribution >= 0.6 is 31.9 Å². The first kappa shape index (κ1) is 24.9. The number of carbonyl (C=O) groups is 1. The van der Waals surface area contributed by atoms with Crippen LogP contribution in [0.3, 0.4) is 0 Å². The van der Waals surface area contributed by atoms with Crippen LogP contribution in [0.5, 0.6) is 5.75 Å². The molecule has 10 heteroatoms. The summed E-state index contributed by atoms with van der Waals surface area (Å²) in [6.45, 7) is 2.36. The van der Waals surface area contributed by atoms with Crippen LogP contribution in [-0.2, 0) is 6.61 Å². The number of nitro benzene ring substituents is 1. The fraction of sp³-hybridized carbons (Fsp3) is 0.200. The third-order valence-electron chi connectivity index (χ3n) is 5.53. The maximum Gasteiger partial charge on any atom is 0.271 e. The molecule has 180 valence electrons. The number of rotatable bonds is 8. The second kappa shape index (κ2) is 11.5.